The Morgan fingerprint density at radius 1 is 0.628 bits per heavy atom. The Kier molecular flexibility index (Phi) is 6.38. The van der Waals surface area contributed by atoms with Gasteiger partial charge in [0.05, 0.1) is 11.4 Å². The van der Waals surface area contributed by atoms with Gasteiger partial charge in [-0.15, -0.1) is 0 Å². The fourth-order valence-electron chi connectivity index (χ4n) is 6.92. The van der Waals surface area contributed by atoms with E-state index in [-0.39, 0.29) is 33.7 Å². The van der Waals surface area contributed by atoms with Crippen LogP contribution in [0.1, 0.15) is 62.8 Å². The van der Waals surface area contributed by atoms with Crippen LogP contribution in [0.3, 0.4) is 0 Å². The molecular weight excluding hydrogens is 544 g/mol. The lowest BCUT2D eigenvalue weighted by Gasteiger charge is -2.52. The number of aromatic hydroxyl groups is 2. The summed E-state index contributed by atoms with van der Waals surface area (Å²) in [5.74, 6) is 1.96. The van der Waals surface area contributed by atoms with Crippen LogP contribution in [0.5, 0.6) is 46.0 Å². The molecule has 43 heavy (non-hydrogen) atoms. The van der Waals surface area contributed by atoms with E-state index < -0.39 is 5.79 Å². The maximum atomic E-state index is 10.2. The zero-order valence-corrected chi connectivity index (χ0v) is 25.4. The fourth-order valence-corrected chi connectivity index (χ4v) is 6.92. The number of benzene rings is 4. The molecule has 2 aliphatic heterocycles. The lowest BCUT2D eigenvalue weighted by molar-refractivity contribution is -0.168. The van der Waals surface area contributed by atoms with Crippen LogP contribution in [-0.2, 0) is 10.8 Å². The molecule has 224 valence electrons. The maximum absolute atomic E-state index is 10.2. The molecule has 1 spiro atoms. The summed E-state index contributed by atoms with van der Waals surface area (Å²) in [4.78, 5) is 0. The summed E-state index contributed by atoms with van der Waals surface area (Å²) in [5, 5.41) is 20.4. The third kappa shape index (κ3) is 4.90. The van der Waals surface area contributed by atoms with Crippen LogP contribution < -0.4 is 30.4 Å². The van der Waals surface area contributed by atoms with Gasteiger partial charge in [0, 0.05) is 46.9 Å². The summed E-state index contributed by atoms with van der Waals surface area (Å²) in [6.45, 7) is 12.9. The number of phenolic OH excluding ortho intramolecular Hbond substituents is 2. The first kappa shape index (κ1) is 28.4. The van der Waals surface area contributed by atoms with Crippen molar-refractivity contribution in [2.75, 3.05) is 11.5 Å². The molecule has 4 aromatic rings. The van der Waals surface area contributed by atoms with Gasteiger partial charge in [-0.3, -0.25) is 0 Å². The van der Waals surface area contributed by atoms with Gasteiger partial charge in [-0.25, -0.2) is 0 Å². The summed E-state index contributed by atoms with van der Waals surface area (Å²) in [6.07, 6.45) is 1.16. The smallest absolute Gasteiger partial charge is 0.253 e. The Bertz CT molecular complexity index is 1630. The van der Waals surface area contributed by atoms with E-state index in [2.05, 4.69) is 41.5 Å². The fraction of sp³-hybridized carbons (Fsp3) is 0.314. The summed E-state index contributed by atoms with van der Waals surface area (Å²) in [7, 11) is 0. The highest BCUT2D eigenvalue weighted by atomic mass is 16.7. The van der Waals surface area contributed by atoms with Crippen molar-refractivity contribution in [3.8, 4) is 46.0 Å². The molecule has 2 heterocycles. The Labute approximate surface area is 251 Å². The Hall–Kier alpha value is -4.72. The van der Waals surface area contributed by atoms with Crippen LogP contribution in [0.25, 0.3) is 0 Å². The van der Waals surface area contributed by atoms with Gasteiger partial charge in [0.15, 0.2) is 23.0 Å². The quantitative estimate of drug-likeness (QED) is 0.141. The van der Waals surface area contributed by atoms with Gasteiger partial charge in [0.1, 0.15) is 23.0 Å². The molecule has 0 aliphatic carbocycles. The highest BCUT2D eigenvalue weighted by Crippen LogP contribution is 2.58. The number of rotatable bonds is 4. The van der Waals surface area contributed by atoms with Gasteiger partial charge in [0.2, 0.25) is 0 Å². The Morgan fingerprint density at radius 3 is 1.40 bits per heavy atom. The van der Waals surface area contributed by atoms with Crippen LogP contribution in [0.15, 0.2) is 60.7 Å². The first-order valence-electron chi connectivity index (χ1n) is 14.4. The summed E-state index contributed by atoms with van der Waals surface area (Å²) in [5.41, 5.74) is 15.7. The average molecular weight is 583 g/mol. The minimum Gasteiger partial charge on any atom is -0.506 e. The zero-order chi connectivity index (χ0) is 30.9. The van der Waals surface area contributed by atoms with E-state index in [1.54, 1.807) is 24.3 Å². The normalized spacial score (nSPS) is 17.3. The molecule has 2 aliphatic rings. The summed E-state index contributed by atoms with van der Waals surface area (Å²) in [6, 6.07) is 17.4. The van der Waals surface area contributed by atoms with Crippen LogP contribution in [0, 0.1) is 13.8 Å². The highest BCUT2D eigenvalue weighted by molar-refractivity contribution is 5.61. The minimum absolute atomic E-state index is 0.0533. The Balaban J connectivity index is 1.45. The predicted molar refractivity (Wildman–Crippen MR) is 167 cm³/mol. The molecule has 0 saturated heterocycles. The van der Waals surface area contributed by atoms with Crippen molar-refractivity contribution in [1.82, 2.24) is 0 Å². The van der Waals surface area contributed by atoms with Crippen molar-refractivity contribution in [2.45, 2.75) is 71.0 Å². The lowest BCUT2D eigenvalue weighted by Crippen LogP contribution is -2.56. The van der Waals surface area contributed by atoms with Crippen LogP contribution >= 0.6 is 0 Å². The molecule has 8 heteroatoms. The van der Waals surface area contributed by atoms with E-state index in [1.165, 1.54) is 12.1 Å². The van der Waals surface area contributed by atoms with E-state index >= 15 is 0 Å². The van der Waals surface area contributed by atoms with Crippen LogP contribution in [-0.4, -0.2) is 16.0 Å². The second-order valence-electron chi connectivity index (χ2n) is 13.1. The SMILES string of the molecule is Cc1ccc(Oc2ccc(N)c(O)c2)c2c1C(C)(C)CC1(CC(C)(C)c3c(C)ccc(Oc4ccc(N)c(O)c4)c3O1)O2. The van der Waals surface area contributed by atoms with E-state index in [1.807, 2.05) is 24.3 Å². The highest BCUT2D eigenvalue weighted by Gasteiger charge is 2.55. The molecule has 0 aromatic heterocycles. The van der Waals surface area contributed by atoms with Gasteiger partial charge in [-0.05, 0) is 61.4 Å². The van der Waals surface area contributed by atoms with Gasteiger partial charge >= 0.3 is 0 Å². The second-order valence-corrected chi connectivity index (χ2v) is 13.1. The number of hydrogen-bond donors (Lipinski definition) is 4. The molecule has 0 saturated carbocycles. The zero-order valence-electron chi connectivity index (χ0n) is 25.4. The van der Waals surface area contributed by atoms with Crippen molar-refractivity contribution < 1.29 is 29.2 Å². The number of hydrogen-bond acceptors (Lipinski definition) is 8. The second kappa shape index (κ2) is 9.66. The molecule has 0 atom stereocenters. The van der Waals surface area contributed by atoms with E-state index in [0.717, 1.165) is 22.3 Å². The third-order valence-corrected chi connectivity index (χ3v) is 8.47. The average Bonchev–Trinajstić information content (AvgIpc) is 2.90. The number of phenols is 2. The number of aryl methyl sites for hydroxylation is 2. The van der Waals surface area contributed by atoms with Crippen LogP contribution in [0.4, 0.5) is 11.4 Å². The standard InChI is InChI=1S/C35H38N2O6/c1-19-7-13-27(40-21-9-11-23(36)25(38)15-21)31-29(19)33(3,4)17-35(42-31)18-34(5,6)30-20(2)8-14-28(32(30)43-35)41-22-10-12-24(37)26(39)16-22/h7-16,38-39H,17-18,36-37H2,1-6H3. The van der Waals surface area contributed by atoms with Gasteiger partial charge in [-0.1, -0.05) is 39.8 Å². The van der Waals surface area contributed by atoms with E-state index in [4.69, 9.17) is 30.4 Å². The number of fused-ring (bicyclic) bond motifs is 2. The molecule has 6 N–H and O–H groups in total. The molecule has 4 aromatic carbocycles. The largest absolute Gasteiger partial charge is 0.506 e. The van der Waals surface area contributed by atoms with Crippen molar-refractivity contribution in [2.24, 2.45) is 0 Å². The first-order valence-corrected chi connectivity index (χ1v) is 14.4. The van der Waals surface area contributed by atoms with Gasteiger partial charge in [-0.2, -0.15) is 0 Å². The molecule has 6 rings (SSSR count). The number of ether oxygens (including phenoxy) is 4. The minimum atomic E-state index is -1.04. The third-order valence-electron chi connectivity index (χ3n) is 8.47. The number of nitrogens with two attached hydrogens (primary N) is 2. The molecule has 0 bridgehead atoms. The molecule has 0 radical (unpaired) electrons. The summed E-state index contributed by atoms with van der Waals surface area (Å²) >= 11 is 0. The van der Waals surface area contributed by atoms with E-state index in [0.29, 0.717) is 47.3 Å². The van der Waals surface area contributed by atoms with Gasteiger partial charge < -0.3 is 40.6 Å². The van der Waals surface area contributed by atoms with Crippen LogP contribution in [0.2, 0.25) is 0 Å². The number of anilines is 2. The Morgan fingerprint density at radius 2 is 1.02 bits per heavy atom. The van der Waals surface area contributed by atoms with E-state index in [9.17, 15) is 10.2 Å². The molecule has 0 unspecified atom stereocenters. The maximum Gasteiger partial charge on any atom is 0.253 e. The molecular formula is C35H38N2O6. The van der Waals surface area contributed by atoms with Gasteiger partial charge in [0.25, 0.3) is 5.79 Å². The first-order chi connectivity index (χ1) is 20.2. The molecule has 0 fully saturated rings. The molecule has 0 amide bonds. The van der Waals surface area contributed by atoms with Crippen molar-refractivity contribution in [3.05, 3.63) is 82.9 Å². The predicted octanol–water partition coefficient (Wildman–Crippen LogP) is 7.98. The molecule has 8 nitrogen and oxygen atoms in total. The monoisotopic (exact) mass is 582 g/mol. The van der Waals surface area contributed by atoms with Crippen molar-refractivity contribution in [3.63, 3.8) is 0 Å². The van der Waals surface area contributed by atoms with Crippen molar-refractivity contribution >= 4 is 11.4 Å². The topological polar surface area (TPSA) is 129 Å². The lowest BCUT2D eigenvalue weighted by atomic mass is 9.67. The van der Waals surface area contributed by atoms with Crippen molar-refractivity contribution in [1.29, 1.82) is 0 Å². The summed E-state index contributed by atoms with van der Waals surface area (Å²) < 4.78 is 26.5. The number of nitrogen functional groups attached to an aromatic ring is 2.